The van der Waals surface area contributed by atoms with E-state index in [0.29, 0.717) is 12.4 Å². The van der Waals surface area contributed by atoms with E-state index in [1.807, 2.05) is 86.8 Å². The van der Waals surface area contributed by atoms with E-state index >= 15 is 0 Å². The summed E-state index contributed by atoms with van der Waals surface area (Å²) in [5.41, 5.74) is 4.84. The lowest BCUT2D eigenvalue weighted by atomic mass is 9.95. The van der Waals surface area contributed by atoms with Crippen LogP contribution >= 0.6 is 0 Å². The highest BCUT2D eigenvalue weighted by molar-refractivity contribution is 6.24. The number of amides is 3. The molecule has 13 nitrogen and oxygen atoms in total. The first-order chi connectivity index (χ1) is 26.0. The Labute approximate surface area is 317 Å². The molecule has 0 aliphatic rings. The van der Waals surface area contributed by atoms with Gasteiger partial charge in [0, 0.05) is 43.3 Å². The SMILES string of the molecule is CCCCOc1ccc(C[C@H](N[B]OC)C(=O)N[C@@H](CC(C)C)C(=O)O)cc1-c1cccc2c(C[C@H](NC(=O)OCc3ccccc3)C(=O)NC)c[nH]c12. The van der Waals surface area contributed by atoms with Gasteiger partial charge in [0.1, 0.15) is 24.4 Å². The minimum absolute atomic E-state index is 0.0646. The van der Waals surface area contributed by atoms with Gasteiger partial charge in [0.2, 0.25) is 11.8 Å². The number of alkyl carbamates (subject to hydrolysis) is 1. The zero-order valence-electron chi connectivity index (χ0n) is 31.6. The number of likely N-dealkylation sites (N-methyl/N-ethyl adjacent to an activating group) is 1. The molecule has 4 rings (SSSR count). The van der Waals surface area contributed by atoms with Crippen LogP contribution in [0.5, 0.6) is 5.75 Å². The van der Waals surface area contributed by atoms with Gasteiger partial charge in [-0.3, -0.25) is 9.59 Å². The number of H-pyrrole nitrogens is 1. The molecule has 1 aromatic heterocycles. The number of fused-ring (bicyclic) bond motifs is 1. The predicted octanol–water partition coefficient (Wildman–Crippen LogP) is 4.89. The van der Waals surface area contributed by atoms with Gasteiger partial charge in [-0.1, -0.05) is 81.8 Å². The van der Waals surface area contributed by atoms with Crippen LogP contribution in [0.15, 0.2) is 72.9 Å². The quantitative estimate of drug-likeness (QED) is 0.0512. The van der Waals surface area contributed by atoms with Crippen molar-refractivity contribution < 1.29 is 38.4 Å². The number of rotatable bonds is 21. The van der Waals surface area contributed by atoms with Gasteiger partial charge in [-0.25, -0.2) is 9.59 Å². The number of benzene rings is 3. The predicted molar refractivity (Wildman–Crippen MR) is 208 cm³/mol. The molecule has 0 fully saturated rings. The largest absolute Gasteiger partial charge is 0.493 e. The minimum Gasteiger partial charge on any atom is -0.493 e. The Hall–Kier alpha value is -5.34. The Bertz CT molecular complexity index is 1850. The van der Waals surface area contributed by atoms with Gasteiger partial charge in [-0.15, -0.1) is 0 Å². The normalized spacial score (nSPS) is 12.8. The second-order valence-electron chi connectivity index (χ2n) is 13.5. The van der Waals surface area contributed by atoms with Crippen LogP contribution in [0.4, 0.5) is 4.79 Å². The van der Waals surface area contributed by atoms with E-state index in [-0.39, 0.29) is 37.7 Å². The van der Waals surface area contributed by atoms with Crippen molar-refractivity contribution in [1.29, 1.82) is 0 Å². The first-order valence-electron chi connectivity index (χ1n) is 18.2. The maximum Gasteiger partial charge on any atom is 0.408 e. The summed E-state index contributed by atoms with van der Waals surface area (Å²) >= 11 is 0. The van der Waals surface area contributed by atoms with Crippen molar-refractivity contribution in [3.63, 3.8) is 0 Å². The number of aromatic amines is 1. The van der Waals surface area contributed by atoms with Gasteiger partial charge in [0.25, 0.3) is 0 Å². The molecule has 287 valence electrons. The van der Waals surface area contributed by atoms with Crippen LogP contribution in [0.1, 0.15) is 56.7 Å². The van der Waals surface area contributed by atoms with Crippen molar-refractivity contribution in [3.8, 4) is 16.9 Å². The van der Waals surface area contributed by atoms with E-state index in [1.165, 1.54) is 21.8 Å². The average Bonchev–Trinajstić information content (AvgIpc) is 3.58. The molecule has 3 amide bonds. The Morgan fingerprint density at radius 1 is 0.870 bits per heavy atom. The molecule has 4 aromatic rings. The second-order valence-corrected chi connectivity index (χ2v) is 13.5. The molecule has 14 heteroatoms. The fraction of sp³-hybridized carbons (Fsp3) is 0.400. The number of carbonyl (C=O) groups excluding carboxylic acids is 3. The molecule has 0 unspecified atom stereocenters. The first-order valence-corrected chi connectivity index (χ1v) is 18.2. The zero-order valence-corrected chi connectivity index (χ0v) is 31.6. The molecule has 54 heavy (non-hydrogen) atoms. The summed E-state index contributed by atoms with van der Waals surface area (Å²) in [6.07, 6.45) is 3.63. The standard InChI is InChI=1S/C40H51BN5O8/c1-6-7-18-53-35-17-16-27(21-33(46-41-52-5)38(48)44-34(39(49)50)19-25(2)3)20-31(35)30-15-11-14-29-28(23-43-36(29)30)22-32(37(47)42-4)45-40(51)54-24-26-12-9-8-10-13-26/h8-17,20,23,25,32-34,43,46H,6-7,18-19,21-22,24H2,1-5H3,(H,42,47)(H,44,48)(H,45,51)(H,49,50)/t32-,33-,34-/m0/s1. The van der Waals surface area contributed by atoms with Crippen LogP contribution in [-0.2, 0) is 43.2 Å². The minimum atomic E-state index is -1.10. The van der Waals surface area contributed by atoms with E-state index in [4.69, 9.17) is 14.1 Å². The monoisotopic (exact) mass is 740 g/mol. The highest BCUT2D eigenvalue weighted by atomic mass is 16.5. The number of carboxylic acid groups (broad SMARTS) is 1. The molecule has 0 aliphatic heterocycles. The number of aliphatic carboxylic acids is 1. The number of para-hydroxylation sites is 1. The summed E-state index contributed by atoms with van der Waals surface area (Å²) in [7, 11) is 4.27. The smallest absolute Gasteiger partial charge is 0.408 e. The van der Waals surface area contributed by atoms with E-state index in [1.54, 1.807) is 0 Å². The fourth-order valence-electron chi connectivity index (χ4n) is 6.06. The van der Waals surface area contributed by atoms with Crippen LogP contribution in [0.2, 0.25) is 0 Å². The topological polar surface area (TPSA) is 180 Å². The molecule has 3 aromatic carbocycles. The molecule has 0 spiro atoms. The van der Waals surface area contributed by atoms with Gasteiger partial charge in [-0.05, 0) is 54.0 Å². The molecular weight excluding hydrogens is 689 g/mol. The molecule has 1 radical (unpaired) electrons. The van der Waals surface area contributed by atoms with E-state index < -0.39 is 36.1 Å². The van der Waals surface area contributed by atoms with Gasteiger partial charge in [0.15, 0.2) is 0 Å². The van der Waals surface area contributed by atoms with E-state index in [9.17, 15) is 24.3 Å². The number of carboxylic acids is 1. The number of hydrogen-bond acceptors (Lipinski definition) is 8. The molecule has 0 aliphatic carbocycles. The zero-order chi connectivity index (χ0) is 39.0. The highest BCUT2D eigenvalue weighted by Crippen LogP contribution is 2.37. The van der Waals surface area contributed by atoms with Crippen LogP contribution in [-0.4, -0.2) is 80.5 Å². The second kappa shape index (κ2) is 20.8. The Morgan fingerprint density at radius 3 is 2.33 bits per heavy atom. The lowest BCUT2D eigenvalue weighted by Gasteiger charge is -2.22. The van der Waals surface area contributed by atoms with Gasteiger partial charge in [0.05, 0.1) is 18.2 Å². The van der Waals surface area contributed by atoms with Crippen LogP contribution in [0.3, 0.4) is 0 Å². The fourth-order valence-corrected chi connectivity index (χ4v) is 6.06. The summed E-state index contributed by atoms with van der Waals surface area (Å²) in [6, 6.07) is 18.1. The summed E-state index contributed by atoms with van der Waals surface area (Å²) in [6.45, 7) is 6.47. The van der Waals surface area contributed by atoms with E-state index in [2.05, 4.69) is 33.1 Å². The van der Waals surface area contributed by atoms with Gasteiger partial charge >= 0.3 is 19.7 Å². The molecular formula is C40H51BN5O8. The van der Waals surface area contributed by atoms with Crippen molar-refractivity contribution in [2.45, 2.75) is 77.6 Å². The number of nitrogens with one attached hydrogen (secondary N) is 5. The van der Waals surface area contributed by atoms with Gasteiger partial charge < -0.3 is 45.4 Å². The molecule has 0 saturated heterocycles. The maximum atomic E-state index is 13.4. The summed E-state index contributed by atoms with van der Waals surface area (Å²) in [4.78, 5) is 54.4. The van der Waals surface area contributed by atoms with Crippen molar-refractivity contribution in [2.24, 2.45) is 5.92 Å². The maximum absolute atomic E-state index is 13.4. The summed E-state index contributed by atoms with van der Waals surface area (Å²) in [5, 5.41) is 21.6. The number of hydrogen-bond donors (Lipinski definition) is 6. The van der Waals surface area contributed by atoms with Crippen molar-refractivity contribution in [1.82, 2.24) is 26.2 Å². The van der Waals surface area contributed by atoms with Crippen LogP contribution in [0, 0.1) is 5.92 Å². The average molecular weight is 741 g/mol. The molecule has 0 saturated carbocycles. The molecule has 3 atom stereocenters. The summed E-state index contributed by atoms with van der Waals surface area (Å²) in [5.74, 6) is -1.22. The van der Waals surface area contributed by atoms with E-state index in [0.717, 1.165) is 51.6 Å². The Morgan fingerprint density at radius 2 is 1.65 bits per heavy atom. The Balaban J connectivity index is 1.64. The number of carbonyl (C=O) groups is 4. The van der Waals surface area contributed by atoms with Crippen LogP contribution in [0.25, 0.3) is 22.0 Å². The lowest BCUT2D eigenvalue weighted by Crippen LogP contribution is -2.52. The molecule has 1 heterocycles. The molecule has 0 bridgehead atoms. The van der Waals surface area contributed by atoms with Crippen LogP contribution < -0.4 is 25.9 Å². The first kappa shape index (κ1) is 41.4. The highest BCUT2D eigenvalue weighted by Gasteiger charge is 2.27. The third-order valence-corrected chi connectivity index (χ3v) is 8.85. The third-order valence-electron chi connectivity index (χ3n) is 8.85. The number of aromatic nitrogens is 1. The summed E-state index contributed by atoms with van der Waals surface area (Å²) < 4.78 is 16.7. The van der Waals surface area contributed by atoms with Crippen molar-refractivity contribution in [2.75, 3.05) is 20.8 Å². The van der Waals surface area contributed by atoms with Gasteiger partial charge in [-0.2, -0.15) is 0 Å². The van der Waals surface area contributed by atoms with Crippen molar-refractivity contribution >= 4 is 42.4 Å². The third kappa shape index (κ3) is 11.8. The Kier molecular flexibility index (Phi) is 15.9. The lowest BCUT2D eigenvalue weighted by molar-refractivity contribution is -0.142. The number of unbranched alkanes of at least 4 members (excludes halogenated alkanes) is 1. The number of ether oxygens (including phenoxy) is 2. The van der Waals surface area contributed by atoms with Crippen molar-refractivity contribution in [3.05, 3.63) is 89.6 Å². The molecule has 6 N–H and O–H groups in total.